The van der Waals surface area contributed by atoms with E-state index < -0.39 is 10.8 Å². The van der Waals surface area contributed by atoms with Crippen LogP contribution >= 0.6 is 11.6 Å². The second kappa shape index (κ2) is 9.61. The Morgan fingerprint density at radius 3 is 2.81 bits per heavy atom. The van der Waals surface area contributed by atoms with Crippen LogP contribution in [0.5, 0.6) is 5.75 Å². The molecule has 8 nitrogen and oxygen atoms in total. The number of carbonyl (C=O) groups excluding carboxylic acids is 1. The summed E-state index contributed by atoms with van der Waals surface area (Å²) in [6.07, 6.45) is 1.28. The molecule has 1 amide bonds. The molecule has 3 aromatic rings. The first-order valence-electron chi connectivity index (χ1n) is 9.01. The maximum Gasteiger partial charge on any atom is 0.271 e. The SMILES string of the molecule is Cc1cc(OCc2ccc(C=C(C#N)C(=O)Nc3cccc([N+](=O)[O-])c3)o2)ccc1Cl. The summed E-state index contributed by atoms with van der Waals surface area (Å²) in [4.78, 5) is 22.6. The number of furan rings is 1. The number of hydrogen-bond donors (Lipinski definition) is 1. The Hall–Kier alpha value is -4.09. The molecule has 0 bridgehead atoms. The molecule has 0 saturated heterocycles. The van der Waals surface area contributed by atoms with Crippen molar-refractivity contribution in [3.8, 4) is 11.8 Å². The van der Waals surface area contributed by atoms with Gasteiger partial charge in [-0.1, -0.05) is 17.7 Å². The summed E-state index contributed by atoms with van der Waals surface area (Å²) in [7, 11) is 0. The molecule has 1 aromatic heterocycles. The highest BCUT2D eigenvalue weighted by Gasteiger charge is 2.13. The Labute approximate surface area is 182 Å². The summed E-state index contributed by atoms with van der Waals surface area (Å²) >= 11 is 5.99. The molecule has 9 heteroatoms. The number of aryl methyl sites for hydroxylation is 1. The molecule has 2 aromatic carbocycles. The van der Waals surface area contributed by atoms with Gasteiger partial charge in [-0.05, 0) is 48.9 Å². The summed E-state index contributed by atoms with van der Waals surface area (Å²) in [5, 5.41) is 23.3. The Kier molecular flexibility index (Phi) is 6.70. The third-order valence-corrected chi connectivity index (χ3v) is 4.58. The molecule has 0 aliphatic heterocycles. The number of nitrogens with one attached hydrogen (secondary N) is 1. The number of hydrogen-bond acceptors (Lipinski definition) is 6. The second-order valence-corrected chi connectivity index (χ2v) is 6.84. The monoisotopic (exact) mass is 437 g/mol. The predicted molar refractivity (Wildman–Crippen MR) is 115 cm³/mol. The van der Waals surface area contributed by atoms with Gasteiger partial charge in [0.05, 0.1) is 4.92 Å². The first kappa shape index (κ1) is 21.6. The standard InChI is InChI=1S/C22H16ClN3O5/c1-14-9-18(7-8-21(14)23)30-13-20-6-5-19(31-20)10-15(12-24)22(27)25-16-3-2-4-17(11-16)26(28)29/h2-11H,13H2,1H3,(H,25,27). The second-order valence-electron chi connectivity index (χ2n) is 6.44. The van der Waals surface area contributed by atoms with Crippen LogP contribution in [0.15, 0.2) is 64.6 Å². The summed E-state index contributed by atoms with van der Waals surface area (Å²) < 4.78 is 11.3. The maximum atomic E-state index is 12.4. The number of benzene rings is 2. The fraction of sp³-hybridized carbons (Fsp3) is 0.0909. The third kappa shape index (κ3) is 5.72. The van der Waals surface area contributed by atoms with Crippen LogP contribution in [-0.2, 0) is 11.4 Å². The van der Waals surface area contributed by atoms with Crippen molar-refractivity contribution in [2.24, 2.45) is 0 Å². The van der Waals surface area contributed by atoms with Gasteiger partial charge in [0, 0.05) is 28.9 Å². The first-order valence-corrected chi connectivity index (χ1v) is 9.39. The molecule has 0 aliphatic rings. The average molecular weight is 438 g/mol. The molecule has 0 saturated carbocycles. The highest BCUT2D eigenvalue weighted by molar-refractivity contribution is 6.31. The fourth-order valence-electron chi connectivity index (χ4n) is 2.60. The van der Waals surface area contributed by atoms with Gasteiger partial charge in [-0.25, -0.2) is 0 Å². The zero-order valence-electron chi connectivity index (χ0n) is 16.3. The van der Waals surface area contributed by atoms with E-state index >= 15 is 0 Å². The third-order valence-electron chi connectivity index (χ3n) is 4.16. The van der Waals surface area contributed by atoms with E-state index in [1.807, 2.05) is 6.92 Å². The smallest absolute Gasteiger partial charge is 0.271 e. The van der Waals surface area contributed by atoms with Gasteiger partial charge in [0.1, 0.15) is 35.5 Å². The van der Waals surface area contributed by atoms with Crippen LogP contribution < -0.4 is 10.1 Å². The molecule has 0 fully saturated rings. The van der Waals surface area contributed by atoms with Gasteiger partial charge in [0.25, 0.3) is 11.6 Å². The van der Waals surface area contributed by atoms with Crippen molar-refractivity contribution < 1.29 is 18.9 Å². The number of nitriles is 1. The lowest BCUT2D eigenvalue weighted by Crippen LogP contribution is -2.13. The van der Waals surface area contributed by atoms with Gasteiger partial charge >= 0.3 is 0 Å². The number of amides is 1. The topological polar surface area (TPSA) is 118 Å². The lowest BCUT2D eigenvalue weighted by molar-refractivity contribution is -0.384. The summed E-state index contributed by atoms with van der Waals surface area (Å²) in [6, 6.07) is 15.8. The number of anilines is 1. The minimum Gasteiger partial charge on any atom is -0.486 e. The molecule has 1 N–H and O–H groups in total. The number of ether oxygens (including phenoxy) is 1. The van der Waals surface area contributed by atoms with Gasteiger partial charge in [0.2, 0.25) is 0 Å². The van der Waals surface area contributed by atoms with Crippen LogP contribution in [0.25, 0.3) is 6.08 Å². The molecular weight excluding hydrogens is 422 g/mol. The lowest BCUT2D eigenvalue weighted by Gasteiger charge is -2.06. The molecule has 31 heavy (non-hydrogen) atoms. The van der Waals surface area contributed by atoms with Crippen LogP contribution in [0.3, 0.4) is 0 Å². The van der Waals surface area contributed by atoms with E-state index in [1.165, 1.54) is 30.3 Å². The number of carbonyl (C=O) groups is 1. The van der Waals surface area contributed by atoms with E-state index in [2.05, 4.69) is 5.32 Å². The lowest BCUT2D eigenvalue weighted by atomic mass is 10.2. The highest BCUT2D eigenvalue weighted by Crippen LogP contribution is 2.23. The molecular formula is C22H16ClN3O5. The largest absolute Gasteiger partial charge is 0.486 e. The summed E-state index contributed by atoms with van der Waals surface area (Å²) in [5.74, 6) is 0.699. The van der Waals surface area contributed by atoms with Crippen molar-refractivity contribution in [3.05, 3.63) is 92.4 Å². The first-order chi connectivity index (χ1) is 14.9. The minimum absolute atomic E-state index is 0.149. The zero-order chi connectivity index (χ0) is 22.4. The Morgan fingerprint density at radius 1 is 1.29 bits per heavy atom. The molecule has 156 valence electrons. The molecule has 0 unspecified atom stereocenters. The Morgan fingerprint density at radius 2 is 2.10 bits per heavy atom. The molecule has 3 rings (SSSR count). The number of halogens is 1. The quantitative estimate of drug-likeness (QED) is 0.232. The number of nitro benzene ring substituents is 1. The predicted octanol–water partition coefficient (Wildman–Crippen LogP) is 5.27. The number of non-ortho nitro benzene ring substituents is 1. The van der Waals surface area contributed by atoms with Crippen molar-refractivity contribution in [1.82, 2.24) is 0 Å². The zero-order valence-corrected chi connectivity index (χ0v) is 17.1. The van der Waals surface area contributed by atoms with Crippen molar-refractivity contribution >= 4 is 35.0 Å². The van der Waals surface area contributed by atoms with Gasteiger partial charge in [-0.3, -0.25) is 14.9 Å². The van der Waals surface area contributed by atoms with E-state index in [9.17, 15) is 20.2 Å². The highest BCUT2D eigenvalue weighted by atomic mass is 35.5. The van der Waals surface area contributed by atoms with E-state index in [0.717, 1.165) is 5.56 Å². The van der Waals surface area contributed by atoms with Crippen LogP contribution in [-0.4, -0.2) is 10.8 Å². The summed E-state index contributed by atoms with van der Waals surface area (Å²) in [5.41, 5.74) is 0.691. The maximum absolute atomic E-state index is 12.4. The Bertz CT molecular complexity index is 1210. The van der Waals surface area contributed by atoms with Crippen LogP contribution in [0.2, 0.25) is 5.02 Å². The molecule has 0 radical (unpaired) electrons. The summed E-state index contributed by atoms with van der Waals surface area (Å²) in [6.45, 7) is 2.02. The Balaban J connectivity index is 1.67. The number of rotatable bonds is 7. The normalized spacial score (nSPS) is 10.9. The van der Waals surface area contributed by atoms with E-state index in [0.29, 0.717) is 16.5 Å². The van der Waals surface area contributed by atoms with Crippen molar-refractivity contribution in [3.63, 3.8) is 0 Å². The van der Waals surface area contributed by atoms with E-state index in [4.69, 9.17) is 20.8 Å². The van der Waals surface area contributed by atoms with Gasteiger partial charge in [0.15, 0.2) is 0 Å². The molecule has 0 aliphatic carbocycles. The van der Waals surface area contributed by atoms with Crippen LogP contribution in [0.4, 0.5) is 11.4 Å². The van der Waals surface area contributed by atoms with Crippen molar-refractivity contribution in [2.75, 3.05) is 5.32 Å². The fourth-order valence-corrected chi connectivity index (χ4v) is 2.72. The van der Waals surface area contributed by atoms with E-state index in [1.54, 1.807) is 36.4 Å². The molecule has 0 atom stereocenters. The van der Waals surface area contributed by atoms with Crippen LogP contribution in [0, 0.1) is 28.4 Å². The van der Waals surface area contributed by atoms with Crippen molar-refractivity contribution in [1.29, 1.82) is 5.26 Å². The number of nitrogens with zero attached hydrogens (tertiary/aromatic N) is 2. The molecule has 1 heterocycles. The van der Waals surface area contributed by atoms with Crippen LogP contribution in [0.1, 0.15) is 17.1 Å². The number of nitro groups is 1. The van der Waals surface area contributed by atoms with E-state index in [-0.39, 0.29) is 29.3 Å². The van der Waals surface area contributed by atoms with Gasteiger partial charge in [-0.2, -0.15) is 5.26 Å². The molecule has 0 spiro atoms. The van der Waals surface area contributed by atoms with Gasteiger partial charge < -0.3 is 14.5 Å². The van der Waals surface area contributed by atoms with Gasteiger partial charge in [-0.15, -0.1) is 0 Å². The van der Waals surface area contributed by atoms with Crippen molar-refractivity contribution in [2.45, 2.75) is 13.5 Å². The average Bonchev–Trinajstić information content (AvgIpc) is 3.20. The minimum atomic E-state index is -0.714.